The van der Waals surface area contributed by atoms with E-state index in [9.17, 15) is 18.2 Å². The molecule has 1 fully saturated rings. The van der Waals surface area contributed by atoms with Crippen LogP contribution < -0.4 is 10.2 Å². The zero-order chi connectivity index (χ0) is 26.5. The van der Waals surface area contributed by atoms with Crippen molar-refractivity contribution in [3.05, 3.63) is 89.2 Å². The van der Waals surface area contributed by atoms with Crippen molar-refractivity contribution in [1.82, 2.24) is 10.2 Å². The summed E-state index contributed by atoms with van der Waals surface area (Å²) in [7, 11) is -1.60. The number of hydrogen-bond donors (Lipinski definition) is 1. The van der Waals surface area contributed by atoms with E-state index in [1.165, 1.54) is 42.7 Å². The van der Waals surface area contributed by atoms with Crippen LogP contribution in [-0.4, -0.2) is 47.1 Å². The van der Waals surface area contributed by atoms with Crippen LogP contribution >= 0.6 is 0 Å². The highest BCUT2D eigenvalue weighted by Gasteiger charge is 2.31. The molecule has 0 aliphatic carbocycles. The Bertz CT molecular complexity index is 1340. The summed E-state index contributed by atoms with van der Waals surface area (Å²) in [5.74, 6) is -0.907. The van der Waals surface area contributed by atoms with Gasteiger partial charge in [-0.2, -0.15) is 0 Å². The van der Waals surface area contributed by atoms with E-state index in [4.69, 9.17) is 0 Å². The van der Waals surface area contributed by atoms with Gasteiger partial charge in [0.1, 0.15) is 5.82 Å². The Labute approximate surface area is 225 Å². The Balaban J connectivity index is 1.38. The Morgan fingerprint density at radius 3 is 2.42 bits per heavy atom. The molecule has 1 N–H and O–H groups in total. The third-order valence-corrected chi connectivity index (χ3v) is 8.66. The average Bonchev–Trinajstić information content (AvgIpc) is 3.26. The molecule has 1 atom stereocenters. The summed E-state index contributed by atoms with van der Waals surface area (Å²) < 4.78 is 27.1. The molecule has 8 heteroatoms. The molecule has 3 aromatic rings. The summed E-state index contributed by atoms with van der Waals surface area (Å²) >= 11 is 0. The third kappa shape index (κ3) is 5.87. The smallest absolute Gasteiger partial charge is 0.259 e. The van der Waals surface area contributed by atoms with Crippen LogP contribution in [0.5, 0.6) is 0 Å². The molecule has 198 valence electrons. The lowest BCUT2D eigenvalue weighted by atomic mass is 10.1. The highest BCUT2D eigenvalue weighted by molar-refractivity contribution is 7.85. The Morgan fingerprint density at radius 2 is 1.66 bits per heavy atom. The fraction of sp³-hybridized carbons (Fsp3) is 0.333. The van der Waals surface area contributed by atoms with Crippen LogP contribution in [0, 0.1) is 5.82 Å². The van der Waals surface area contributed by atoms with Gasteiger partial charge in [0.05, 0.1) is 38.4 Å². The number of halogens is 1. The highest BCUT2D eigenvalue weighted by Crippen LogP contribution is 2.36. The van der Waals surface area contributed by atoms with Gasteiger partial charge in [-0.25, -0.2) is 8.60 Å². The van der Waals surface area contributed by atoms with Gasteiger partial charge in [0.2, 0.25) is 0 Å². The molecule has 0 radical (unpaired) electrons. The topological polar surface area (TPSA) is 69.7 Å². The van der Waals surface area contributed by atoms with Crippen molar-refractivity contribution in [3.8, 4) is 0 Å². The second-order valence-electron chi connectivity index (χ2n) is 9.83. The number of amides is 2. The van der Waals surface area contributed by atoms with E-state index in [-0.39, 0.29) is 24.2 Å². The van der Waals surface area contributed by atoms with E-state index in [0.29, 0.717) is 33.2 Å². The van der Waals surface area contributed by atoms with Crippen LogP contribution in [0.25, 0.3) is 0 Å². The number of fused-ring (bicyclic) bond motifs is 2. The molecular weight excluding hydrogens is 501 g/mol. The molecule has 0 aromatic heterocycles. The standard InChI is InChI=1S/C30H32FN3O3S/c31-24-13-10-22(11-14-24)21-34-26-20-23(29(35)32-16-7-19-33-17-5-1-2-6-18-33)12-15-28(26)38(37)27-9-4-3-8-25(27)30(34)36/h3-4,8-15,20H,1-2,5-7,16-19,21H2,(H,32,35). The highest BCUT2D eigenvalue weighted by atomic mass is 32.2. The Morgan fingerprint density at radius 1 is 0.921 bits per heavy atom. The Kier molecular flexibility index (Phi) is 8.29. The molecule has 2 aliphatic heterocycles. The average molecular weight is 534 g/mol. The first-order chi connectivity index (χ1) is 18.5. The lowest BCUT2D eigenvalue weighted by Crippen LogP contribution is -2.32. The lowest BCUT2D eigenvalue weighted by Gasteiger charge is -2.24. The van der Waals surface area contributed by atoms with Crippen LogP contribution in [0.1, 0.15) is 58.4 Å². The summed E-state index contributed by atoms with van der Waals surface area (Å²) in [6.45, 7) is 3.91. The predicted molar refractivity (Wildman–Crippen MR) is 146 cm³/mol. The second kappa shape index (κ2) is 12.0. The number of carbonyl (C=O) groups is 2. The quantitative estimate of drug-likeness (QED) is 0.427. The van der Waals surface area contributed by atoms with E-state index >= 15 is 0 Å². The van der Waals surface area contributed by atoms with Crippen LogP contribution in [0.15, 0.2) is 76.5 Å². The first-order valence-corrected chi connectivity index (χ1v) is 14.4. The number of anilines is 1. The maximum atomic E-state index is 13.7. The molecule has 38 heavy (non-hydrogen) atoms. The maximum Gasteiger partial charge on any atom is 0.259 e. The van der Waals surface area contributed by atoms with Gasteiger partial charge in [0, 0.05) is 12.1 Å². The van der Waals surface area contributed by atoms with Crippen molar-refractivity contribution < 1.29 is 18.2 Å². The van der Waals surface area contributed by atoms with E-state index < -0.39 is 10.8 Å². The fourth-order valence-corrected chi connectivity index (χ4v) is 6.45. The molecule has 0 spiro atoms. The van der Waals surface area contributed by atoms with Crippen LogP contribution in [0.4, 0.5) is 10.1 Å². The summed E-state index contributed by atoms with van der Waals surface area (Å²) in [6, 6.07) is 17.8. The van der Waals surface area contributed by atoms with Gasteiger partial charge in [-0.1, -0.05) is 37.1 Å². The zero-order valence-corrected chi connectivity index (χ0v) is 22.1. The van der Waals surface area contributed by atoms with E-state index in [2.05, 4.69) is 10.2 Å². The van der Waals surface area contributed by atoms with Gasteiger partial charge in [0.25, 0.3) is 11.8 Å². The van der Waals surface area contributed by atoms with Crippen molar-refractivity contribution in [3.63, 3.8) is 0 Å². The van der Waals surface area contributed by atoms with Gasteiger partial charge in [0.15, 0.2) is 0 Å². The molecule has 6 nitrogen and oxygen atoms in total. The van der Waals surface area contributed by atoms with Gasteiger partial charge in [-0.3, -0.25) is 9.59 Å². The normalized spacial score (nSPS) is 17.8. The SMILES string of the molecule is O=C(NCCCN1CCCCCC1)c1ccc2c(c1)N(Cc1ccc(F)cc1)C(=O)c1ccccc1S2=O. The van der Waals surface area contributed by atoms with E-state index in [1.54, 1.807) is 54.6 Å². The molecular formula is C30H32FN3O3S. The third-order valence-electron chi connectivity index (χ3n) is 7.16. The van der Waals surface area contributed by atoms with Crippen LogP contribution in [-0.2, 0) is 17.3 Å². The number of benzene rings is 3. The molecule has 1 unspecified atom stereocenters. The molecule has 2 aliphatic rings. The minimum Gasteiger partial charge on any atom is -0.352 e. The molecule has 1 saturated heterocycles. The van der Waals surface area contributed by atoms with Crippen molar-refractivity contribution in [2.45, 2.75) is 48.4 Å². The summed E-state index contributed by atoms with van der Waals surface area (Å²) in [5.41, 5.74) is 1.90. The van der Waals surface area contributed by atoms with Gasteiger partial charge >= 0.3 is 0 Å². The molecule has 0 bridgehead atoms. The number of hydrogen-bond acceptors (Lipinski definition) is 4. The number of nitrogens with zero attached hydrogens (tertiary/aromatic N) is 2. The second-order valence-corrected chi connectivity index (χ2v) is 11.2. The Hall–Kier alpha value is -3.36. The molecule has 0 saturated carbocycles. The largest absolute Gasteiger partial charge is 0.352 e. The van der Waals surface area contributed by atoms with Crippen LogP contribution in [0.3, 0.4) is 0 Å². The van der Waals surface area contributed by atoms with E-state index in [0.717, 1.165) is 31.6 Å². The summed E-state index contributed by atoms with van der Waals surface area (Å²) in [5, 5.41) is 3.00. The van der Waals surface area contributed by atoms with Gasteiger partial charge in [-0.05, 0) is 86.9 Å². The van der Waals surface area contributed by atoms with Crippen molar-refractivity contribution in [2.24, 2.45) is 0 Å². The number of carbonyl (C=O) groups excluding carboxylic acids is 2. The predicted octanol–water partition coefficient (Wildman–Crippen LogP) is 5.15. The number of nitrogens with one attached hydrogen (secondary N) is 1. The van der Waals surface area contributed by atoms with Crippen molar-refractivity contribution >= 4 is 28.3 Å². The monoisotopic (exact) mass is 533 g/mol. The fourth-order valence-electron chi connectivity index (χ4n) is 5.10. The van der Waals surface area contributed by atoms with Crippen LogP contribution in [0.2, 0.25) is 0 Å². The minimum absolute atomic E-state index is 0.151. The molecule has 2 amide bonds. The minimum atomic E-state index is -1.60. The van der Waals surface area contributed by atoms with Gasteiger partial charge < -0.3 is 15.1 Å². The maximum absolute atomic E-state index is 13.7. The first-order valence-electron chi connectivity index (χ1n) is 13.2. The summed E-state index contributed by atoms with van der Waals surface area (Å²) in [6.07, 6.45) is 5.93. The van der Waals surface area contributed by atoms with Crippen molar-refractivity contribution in [1.29, 1.82) is 0 Å². The molecule has 2 heterocycles. The lowest BCUT2D eigenvalue weighted by molar-refractivity contribution is 0.0948. The number of rotatable bonds is 7. The van der Waals surface area contributed by atoms with Crippen molar-refractivity contribution in [2.75, 3.05) is 31.1 Å². The summed E-state index contributed by atoms with van der Waals surface area (Å²) in [4.78, 5) is 31.6. The van der Waals surface area contributed by atoms with Gasteiger partial charge in [-0.15, -0.1) is 0 Å². The molecule has 3 aromatic carbocycles. The number of likely N-dealkylation sites (tertiary alicyclic amines) is 1. The van der Waals surface area contributed by atoms with E-state index in [1.807, 2.05) is 0 Å². The zero-order valence-electron chi connectivity index (χ0n) is 21.3. The molecule has 5 rings (SSSR count). The first kappa shape index (κ1) is 26.3.